The molecule has 1 fully saturated rings. The molecule has 0 N–H and O–H groups in total. The fraction of sp³-hybridized carbons (Fsp3) is 0.438. The predicted molar refractivity (Wildman–Crippen MR) is 78.7 cm³/mol. The average Bonchev–Trinajstić information content (AvgIpc) is 3.04. The van der Waals surface area contributed by atoms with Gasteiger partial charge < -0.3 is 4.74 Å². The van der Waals surface area contributed by atoms with E-state index in [0.717, 1.165) is 31.7 Å². The summed E-state index contributed by atoms with van der Waals surface area (Å²) in [5.74, 6) is 0. The third-order valence-electron chi connectivity index (χ3n) is 4.47. The maximum Gasteiger partial charge on any atom is 0.0991 e. The molecule has 0 saturated carbocycles. The summed E-state index contributed by atoms with van der Waals surface area (Å²) in [6.45, 7) is 3.36. The highest BCUT2D eigenvalue weighted by Gasteiger charge is 2.36. The highest BCUT2D eigenvalue weighted by molar-refractivity contribution is 5.32. The van der Waals surface area contributed by atoms with Crippen LogP contribution >= 0.6 is 0 Å². The van der Waals surface area contributed by atoms with Gasteiger partial charge in [-0.25, -0.2) is 4.68 Å². The SMILES string of the molecule is N#Cc1cccc(CN2CC[C@H]3OCc4cnnn4[C@@H]3C2)c1. The zero-order valence-electron chi connectivity index (χ0n) is 12.2. The van der Waals surface area contributed by atoms with Crippen molar-refractivity contribution in [3.63, 3.8) is 0 Å². The van der Waals surface area contributed by atoms with Crippen LogP contribution in [0.5, 0.6) is 0 Å². The molecule has 2 aliphatic heterocycles. The monoisotopic (exact) mass is 295 g/mol. The van der Waals surface area contributed by atoms with Gasteiger partial charge in [0.05, 0.1) is 42.3 Å². The van der Waals surface area contributed by atoms with Crippen LogP contribution in [0.4, 0.5) is 0 Å². The first-order chi connectivity index (χ1) is 10.8. The molecule has 2 atom stereocenters. The van der Waals surface area contributed by atoms with Gasteiger partial charge in [-0.15, -0.1) is 5.10 Å². The number of piperidine rings is 1. The molecule has 0 radical (unpaired) electrons. The van der Waals surface area contributed by atoms with Gasteiger partial charge >= 0.3 is 0 Å². The van der Waals surface area contributed by atoms with Crippen molar-refractivity contribution in [2.24, 2.45) is 0 Å². The number of rotatable bonds is 2. The number of aromatic nitrogens is 3. The van der Waals surface area contributed by atoms with Gasteiger partial charge in [-0.3, -0.25) is 4.90 Å². The van der Waals surface area contributed by atoms with Gasteiger partial charge in [0.2, 0.25) is 0 Å². The zero-order chi connectivity index (χ0) is 14.9. The summed E-state index contributed by atoms with van der Waals surface area (Å²) in [6, 6.07) is 10.3. The molecule has 3 heterocycles. The lowest BCUT2D eigenvalue weighted by Crippen LogP contribution is -2.47. The molecule has 22 heavy (non-hydrogen) atoms. The first-order valence-electron chi connectivity index (χ1n) is 7.55. The number of benzene rings is 1. The predicted octanol–water partition coefficient (Wildman–Crippen LogP) is 1.50. The molecule has 2 aromatic rings. The van der Waals surface area contributed by atoms with Gasteiger partial charge in [0.15, 0.2) is 0 Å². The minimum atomic E-state index is 0.232. The van der Waals surface area contributed by atoms with Crippen molar-refractivity contribution in [2.45, 2.75) is 31.7 Å². The Balaban J connectivity index is 1.51. The standard InChI is InChI=1S/C16H17N5O/c17-7-12-2-1-3-13(6-12)9-20-5-4-16-15(10-20)21-14(11-22-16)8-18-19-21/h1-3,6,8,15-16H,4-5,9-11H2/t15-,16-/m1/s1. The van der Waals surface area contributed by atoms with E-state index in [0.29, 0.717) is 12.2 Å². The van der Waals surface area contributed by atoms with Crippen LogP contribution in [0.2, 0.25) is 0 Å². The molecule has 6 nitrogen and oxygen atoms in total. The molecular formula is C16H17N5O. The quantitative estimate of drug-likeness (QED) is 0.840. The Labute approximate surface area is 128 Å². The van der Waals surface area contributed by atoms with Crippen molar-refractivity contribution in [1.82, 2.24) is 19.9 Å². The Morgan fingerprint density at radius 2 is 2.36 bits per heavy atom. The van der Waals surface area contributed by atoms with E-state index in [2.05, 4.69) is 27.3 Å². The van der Waals surface area contributed by atoms with Crippen molar-refractivity contribution in [2.75, 3.05) is 13.1 Å². The highest BCUT2D eigenvalue weighted by atomic mass is 16.5. The van der Waals surface area contributed by atoms with E-state index < -0.39 is 0 Å². The lowest BCUT2D eigenvalue weighted by Gasteiger charge is -2.41. The Morgan fingerprint density at radius 3 is 3.27 bits per heavy atom. The first-order valence-corrected chi connectivity index (χ1v) is 7.55. The van der Waals surface area contributed by atoms with E-state index in [1.54, 1.807) is 6.20 Å². The first kappa shape index (κ1) is 13.4. The molecule has 0 bridgehead atoms. The van der Waals surface area contributed by atoms with Crippen molar-refractivity contribution in [3.8, 4) is 6.07 Å². The fourth-order valence-corrected chi connectivity index (χ4v) is 3.39. The Hall–Kier alpha value is -2.23. The minimum absolute atomic E-state index is 0.232. The lowest BCUT2D eigenvalue weighted by atomic mass is 9.99. The maximum atomic E-state index is 9.01. The number of nitrogens with zero attached hydrogens (tertiary/aromatic N) is 5. The summed E-state index contributed by atoms with van der Waals surface area (Å²) in [4.78, 5) is 2.40. The zero-order valence-corrected chi connectivity index (χ0v) is 12.2. The number of fused-ring (bicyclic) bond motifs is 3. The highest BCUT2D eigenvalue weighted by Crippen LogP contribution is 2.30. The van der Waals surface area contributed by atoms with Crippen molar-refractivity contribution in [1.29, 1.82) is 5.26 Å². The van der Waals surface area contributed by atoms with Crippen molar-refractivity contribution in [3.05, 3.63) is 47.3 Å². The summed E-state index contributed by atoms with van der Waals surface area (Å²) in [5, 5.41) is 17.2. The van der Waals surface area contributed by atoms with Crippen LogP contribution in [0.1, 0.15) is 29.3 Å². The van der Waals surface area contributed by atoms with E-state index in [-0.39, 0.29) is 12.1 Å². The van der Waals surface area contributed by atoms with Crippen molar-refractivity contribution < 1.29 is 4.74 Å². The minimum Gasteiger partial charge on any atom is -0.370 e. The van der Waals surface area contributed by atoms with E-state index in [1.807, 2.05) is 22.9 Å². The molecule has 2 aliphatic rings. The Kier molecular flexibility index (Phi) is 3.37. The molecule has 0 aliphatic carbocycles. The van der Waals surface area contributed by atoms with E-state index >= 15 is 0 Å². The largest absolute Gasteiger partial charge is 0.370 e. The summed E-state index contributed by atoms with van der Waals surface area (Å²) in [7, 11) is 0. The Morgan fingerprint density at radius 1 is 1.41 bits per heavy atom. The van der Waals surface area contributed by atoms with Crippen LogP contribution in [0.25, 0.3) is 0 Å². The molecule has 0 amide bonds. The summed E-state index contributed by atoms with van der Waals surface area (Å²) in [5.41, 5.74) is 2.94. The van der Waals surface area contributed by atoms with E-state index in [9.17, 15) is 0 Å². The fourth-order valence-electron chi connectivity index (χ4n) is 3.39. The third-order valence-corrected chi connectivity index (χ3v) is 4.47. The van der Waals surface area contributed by atoms with Crippen LogP contribution in [-0.2, 0) is 17.9 Å². The molecule has 1 saturated heterocycles. The summed E-state index contributed by atoms with van der Waals surface area (Å²) < 4.78 is 7.95. The van der Waals surface area contributed by atoms with Gasteiger partial charge in [-0.05, 0) is 24.1 Å². The molecule has 0 unspecified atom stereocenters. The second kappa shape index (κ2) is 5.52. The van der Waals surface area contributed by atoms with Gasteiger partial charge in [-0.2, -0.15) is 5.26 Å². The molecule has 112 valence electrons. The summed E-state index contributed by atoms with van der Waals surface area (Å²) in [6.07, 6.45) is 3.02. The van der Waals surface area contributed by atoms with Crippen LogP contribution in [-0.4, -0.2) is 39.1 Å². The van der Waals surface area contributed by atoms with Crippen LogP contribution < -0.4 is 0 Å². The molecule has 1 aromatic heterocycles. The molecule has 6 heteroatoms. The topological polar surface area (TPSA) is 67.0 Å². The third kappa shape index (κ3) is 2.39. The second-order valence-electron chi connectivity index (χ2n) is 5.92. The number of ether oxygens (including phenoxy) is 1. The van der Waals surface area contributed by atoms with Crippen LogP contribution in [0.3, 0.4) is 0 Å². The van der Waals surface area contributed by atoms with Crippen LogP contribution in [0.15, 0.2) is 30.5 Å². The van der Waals surface area contributed by atoms with Gasteiger partial charge in [-0.1, -0.05) is 17.3 Å². The van der Waals surface area contributed by atoms with E-state index in [1.165, 1.54) is 5.56 Å². The molecule has 1 aromatic carbocycles. The molecule has 4 rings (SSSR count). The van der Waals surface area contributed by atoms with Gasteiger partial charge in [0.25, 0.3) is 0 Å². The maximum absolute atomic E-state index is 9.01. The van der Waals surface area contributed by atoms with E-state index in [4.69, 9.17) is 10.00 Å². The number of likely N-dealkylation sites (tertiary alicyclic amines) is 1. The second-order valence-corrected chi connectivity index (χ2v) is 5.92. The lowest BCUT2D eigenvalue weighted by molar-refractivity contribution is -0.0669. The number of hydrogen-bond acceptors (Lipinski definition) is 5. The smallest absolute Gasteiger partial charge is 0.0991 e. The Bertz CT molecular complexity index is 719. The van der Waals surface area contributed by atoms with Crippen molar-refractivity contribution >= 4 is 0 Å². The molecular weight excluding hydrogens is 278 g/mol. The van der Waals surface area contributed by atoms with Gasteiger partial charge in [0, 0.05) is 19.6 Å². The average molecular weight is 295 g/mol. The molecule has 0 spiro atoms. The van der Waals surface area contributed by atoms with Gasteiger partial charge in [0.1, 0.15) is 0 Å². The summed E-state index contributed by atoms with van der Waals surface area (Å²) >= 11 is 0. The van der Waals surface area contributed by atoms with Crippen LogP contribution in [0, 0.1) is 11.3 Å². The number of nitriles is 1. The number of hydrogen-bond donors (Lipinski definition) is 0. The normalized spacial score (nSPS) is 24.3.